The zero-order valence-corrected chi connectivity index (χ0v) is 18.9. The van der Waals surface area contributed by atoms with Gasteiger partial charge in [0.1, 0.15) is 11.0 Å². The number of aromatic nitrogens is 4. The van der Waals surface area contributed by atoms with Crippen molar-refractivity contribution in [3.05, 3.63) is 52.9 Å². The van der Waals surface area contributed by atoms with Crippen molar-refractivity contribution in [3.63, 3.8) is 0 Å². The SMILES string of the molecule is COc1c(Cl)cccc1Nc1c(-c2ccnc3cnc(SC)nc23)[nH]c2c1C(=O)NCC2. The van der Waals surface area contributed by atoms with E-state index in [2.05, 4.69) is 30.6 Å². The molecule has 1 aliphatic rings. The van der Waals surface area contributed by atoms with Crippen LogP contribution in [0.4, 0.5) is 11.4 Å². The van der Waals surface area contributed by atoms with Gasteiger partial charge in [0.25, 0.3) is 5.91 Å². The Balaban J connectivity index is 1.76. The van der Waals surface area contributed by atoms with Crippen molar-refractivity contribution in [2.24, 2.45) is 0 Å². The van der Waals surface area contributed by atoms with Crippen molar-refractivity contribution in [3.8, 4) is 17.0 Å². The van der Waals surface area contributed by atoms with Gasteiger partial charge in [-0.2, -0.15) is 0 Å². The lowest BCUT2D eigenvalue weighted by Gasteiger charge is -2.17. The number of ether oxygens (including phenoxy) is 1. The van der Waals surface area contributed by atoms with Crippen LogP contribution in [0.3, 0.4) is 0 Å². The first-order valence-corrected chi connectivity index (χ1v) is 11.5. The molecule has 0 bridgehead atoms. The van der Waals surface area contributed by atoms with Gasteiger partial charge in [-0.1, -0.05) is 29.4 Å². The van der Waals surface area contributed by atoms with Crippen molar-refractivity contribution in [2.45, 2.75) is 11.6 Å². The van der Waals surface area contributed by atoms with E-state index < -0.39 is 0 Å². The molecule has 0 aliphatic carbocycles. The molecule has 8 nitrogen and oxygen atoms in total. The fraction of sp³-hybridized carbons (Fsp3) is 0.182. The number of hydrogen-bond donors (Lipinski definition) is 3. The number of benzene rings is 1. The standard InChI is InChI=1S/C22H19ClN6O2S/c1-31-20-12(23)4-3-5-14(20)28-19-16-13(7-9-25-21(16)30)27-18(19)11-6-8-24-15-10-26-22(32-2)29-17(11)15/h3-6,8,10,27-28H,7,9H2,1-2H3,(H,25,30). The summed E-state index contributed by atoms with van der Waals surface area (Å²) in [6, 6.07) is 7.32. The molecule has 0 saturated carbocycles. The van der Waals surface area contributed by atoms with Gasteiger partial charge in [-0.15, -0.1) is 0 Å². The minimum absolute atomic E-state index is 0.143. The summed E-state index contributed by atoms with van der Waals surface area (Å²) >= 11 is 7.79. The van der Waals surface area contributed by atoms with Crippen LogP contribution in [0.15, 0.2) is 41.8 Å². The third-order valence-electron chi connectivity index (χ3n) is 5.31. The number of nitrogens with zero attached hydrogens (tertiary/aromatic N) is 3. The van der Waals surface area contributed by atoms with Crippen molar-refractivity contribution in [1.82, 2.24) is 25.3 Å². The number of halogens is 1. The summed E-state index contributed by atoms with van der Waals surface area (Å²) in [6.07, 6.45) is 6.04. The molecule has 32 heavy (non-hydrogen) atoms. The fourth-order valence-corrected chi connectivity index (χ4v) is 4.47. The minimum atomic E-state index is -0.143. The Morgan fingerprint density at radius 3 is 2.94 bits per heavy atom. The van der Waals surface area contributed by atoms with E-state index in [1.807, 2.05) is 24.5 Å². The van der Waals surface area contributed by atoms with Gasteiger partial charge in [0.2, 0.25) is 0 Å². The normalized spacial score (nSPS) is 13.0. The second kappa shape index (κ2) is 8.33. The number of nitrogens with one attached hydrogen (secondary N) is 3. The average Bonchev–Trinajstić information content (AvgIpc) is 3.17. The summed E-state index contributed by atoms with van der Waals surface area (Å²) < 4.78 is 5.50. The third kappa shape index (κ3) is 3.43. The molecule has 4 aromatic rings. The molecule has 0 saturated heterocycles. The number of anilines is 2. The summed E-state index contributed by atoms with van der Waals surface area (Å²) in [5, 5.41) is 7.44. The third-order valence-corrected chi connectivity index (χ3v) is 6.16. The molecule has 1 amide bonds. The van der Waals surface area contributed by atoms with Crippen LogP contribution in [-0.4, -0.2) is 45.8 Å². The summed E-state index contributed by atoms with van der Waals surface area (Å²) in [7, 11) is 1.56. The first kappa shape index (κ1) is 20.6. The summed E-state index contributed by atoms with van der Waals surface area (Å²) in [5.74, 6) is 0.355. The first-order chi connectivity index (χ1) is 15.6. The number of amides is 1. The number of rotatable bonds is 5. The van der Waals surface area contributed by atoms with Crippen molar-refractivity contribution < 1.29 is 9.53 Å². The van der Waals surface area contributed by atoms with E-state index in [1.54, 1.807) is 25.6 Å². The predicted octanol–water partition coefficient (Wildman–Crippen LogP) is 4.43. The summed E-state index contributed by atoms with van der Waals surface area (Å²) in [5.41, 5.74) is 5.64. The van der Waals surface area contributed by atoms with Crippen LogP contribution in [0.25, 0.3) is 22.3 Å². The Hall–Kier alpha value is -3.30. The molecule has 0 radical (unpaired) electrons. The van der Waals surface area contributed by atoms with Gasteiger partial charge in [-0.05, 0) is 24.5 Å². The molecule has 0 spiro atoms. The van der Waals surface area contributed by atoms with Crippen LogP contribution in [-0.2, 0) is 6.42 Å². The van der Waals surface area contributed by atoms with Crippen molar-refractivity contribution >= 4 is 51.7 Å². The number of carbonyl (C=O) groups excluding carboxylic acids is 1. The number of methoxy groups -OCH3 is 1. The molecular weight excluding hydrogens is 448 g/mol. The van der Waals surface area contributed by atoms with Gasteiger partial charge in [-0.25, -0.2) is 9.97 Å². The van der Waals surface area contributed by atoms with Crippen molar-refractivity contribution in [2.75, 3.05) is 25.2 Å². The number of hydrogen-bond acceptors (Lipinski definition) is 7. The minimum Gasteiger partial charge on any atom is -0.493 e. The maximum absolute atomic E-state index is 12.9. The monoisotopic (exact) mass is 466 g/mol. The Morgan fingerprint density at radius 1 is 1.25 bits per heavy atom. The first-order valence-electron chi connectivity index (χ1n) is 9.89. The molecule has 1 aliphatic heterocycles. The van der Waals surface area contributed by atoms with Crippen LogP contribution in [0.1, 0.15) is 16.1 Å². The maximum Gasteiger partial charge on any atom is 0.255 e. The van der Waals surface area contributed by atoms with Gasteiger partial charge in [-0.3, -0.25) is 9.78 Å². The molecule has 3 N–H and O–H groups in total. The number of carbonyl (C=O) groups is 1. The molecule has 0 unspecified atom stereocenters. The van der Waals surface area contributed by atoms with E-state index in [4.69, 9.17) is 16.3 Å². The maximum atomic E-state index is 12.9. The predicted molar refractivity (Wildman–Crippen MR) is 126 cm³/mol. The number of fused-ring (bicyclic) bond motifs is 2. The van der Waals surface area contributed by atoms with Gasteiger partial charge in [0.15, 0.2) is 10.9 Å². The quantitative estimate of drug-likeness (QED) is 0.295. The number of aromatic amines is 1. The number of H-pyrrole nitrogens is 1. The highest BCUT2D eigenvalue weighted by Gasteiger charge is 2.28. The number of para-hydroxylation sites is 1. The molecular formula is C22H19ClN6O2S. The zero-order chi connectivity index (χ0) is 22.2. The van der Waals surface area contributed by atoms with Gasteiger partial charge in [0, 0.05) is 30.4 Å². The van der Waals surface area contributed by atoms with E-state index in [1.165, 1.54) is 11.8 Å². The Kier molecular flexibility index (Phi) is 5.36. The Morgan fingerprint density at radius 2 is 2.12 bits per heavy atom. The Labute approximate surface area is 193 Å². The lowest BCUT2D eigenvalue weighted by atomic mass is 10.0. The lowest BCUT2D eigenvalue weighted by molar-refractivity contribution is 0.0947. The van der Waals surface area contributed by atoms with Crippen LogP contribution < -0.4 is 15.4 Å². The molecule has 5 rings (SSSR count). The van der Waals surface area contributed by atoms with E-state index >= 15 is 0 Å². The highest BCUT2D eigenvalue weighted by atomic mass is 35.5. The Bertz CT molecular complexity index is 1360. The van der Waals surface area contributed by atoms with Gasteiger partial charge in [0.05, 0.1) is 41.0 Å². The lowest BCUT2D eigenvalue weighted by Crippen LogP contribution is -2.31. The zero-order valence-electron chi connectivity index (χ0n) is 17.3. The average molecular weight is 467 g/mol. The van der Waals surface area contributed by atoms with Crippen LogP contribution in [0, 0.1) is 0 Å². The van der Waals surface area contributed by atoms with E-state index in [0.29, 0.717) is 56.9 Å². The highest BCUT2D eigenvalue weighted by molar-refractivity contribution is 7.98. The molecule has 1 aromatic carbocycles. The molecule has 0 fully saturated rings. The smallest absolute Gasteiger partial charge is 0.255 e. The second-order valence-electron chi connectivity index (χ2n) is 7.13. The van der Waals surface area contributed by atoms with Gasteiger partial charge >= 0.3 is 0 Å². The molecule has 10 heteroatoms. The van der Waals surface area contributed by atoms with E-state index in [-0.39, 0.29) is 5.91 Å². The second-order valence-corrected chi connectivity index (χ2v) is 8.31. The molecule has 0 atom stereocenters. The summed E-state index contributed by atoms with van der Waals surface area (Å²) in [6.45, 7) is 0.571. The molecule has 3 aromatic heterocycles. The van der Waals surface area contributed by atoms with E-state index in [0.717, 1.165) is 17.0 Å². The topological polar surface area (TPSA) is 105 Å². The number of thioether (sulfide) groups is 1. The van der Waals surface area contributed by atoms with Crippen LogP contribution in [0.5, 0.6) is 5.75 Å². The van der Waals surface area contributed by atoms with Gasteiger partial charge < -0.3 is 20.4 Å². The largest absolute Gasteiger partial charge is 0.493 e. The summed E-state index contributed by atoms with van der Waals surface area (Å²) in [4.78, 5) is 29.7. The van der Waals surface area contributed by atoms with Crippen LogP contribution >= 0.6 is 23.4 Å². The molecule has 4 heterocycles. The highest BCUT2D eigenvalue weighted by Crippen LogP contribution is 2.42. The molecule has 162 valence electrons. The van der Waals surface area contributed by atoms with Crippen molar-refractivity contribution in [1.29, 1.82) is 0 Å². The van der Waals surface area contributed by atoms with E-state index in [9.17, 15) is 4.79 Å². The fourth-order valence-electron chi connectivity index (χ4n) is 3.88. The van der Waals surface area contributed by atoms with Crippen LogP contribution in [0.2, 0.25) is 5.02 Å². The number of pyridine rings is 1.